The van der Waals surface area contributed by atoms with Gasteiger partial charge in [-0.2, -0.15) is 0 Å². The third-order valence-electron chi connectivity index (χ3n) is 2.50. The number of rotatable bonds is 4. The first-order chi connectivity index (χ1) is 7.10. The predicted molar refractivity (Wildman–Crippen MR) is 62.7 cm³/mol. The monoisotopic (exact) mass is 209 g/mol. The summed E-state index contributed by atoms with van der Waals surface area (Å²) in [5, 5.41) is 0. The minimum atomic E-state index is 0.220. The minimum absolute atomic E-state index is 0.220. The minimum Gasteiger partial charge on any atom is -0.397 e. The zero-order valence-electron chi connectivity index (χ0n) is 9.58. The highest BCUT2D eigenvalue weighted by atomic mass is 16.5. The van der Waals surface area contributed by atoms with E-state index in [9.17, 15) is 0 Å². The van der Waals surface area contributed by atoms with E-state index < -0.39 is 0 Å². The van der Waals surface area contributed by atoms with Crippen LogP contribution in [0.2, 0.25) is 0 Å². The molecular weight excluding hydrogens is 190 g/mol. The second-order valence-corrected chi connectivity index (χ2v) is 3.71. The van der Waals surface area contributed by atoms with Crippen molar-refractivity contribution in [2.75, 3.05) is 25.2 Å². The molecule has 1 aromatic heterocycles. The second kappa shape index (κ2) is 4.98. The van der Waals surface area contributed by atoms with Gasteiger partial charge in [-0.1, -0.05) is 6.92 Å². The van der Waals surface area contributed by atoms with Gasteiger partial charge in [-0.15, -0.1) is 0 Å². The van der Waals surface area contributed by atoms with Crippen molar-refractivity contribution in [2.24, 2.45) is 0 Å². The van der Waals surface area contributed by atoms with Crippen molar-refractivity contribution in [1.29, 1.82) is 0 Å². The summed E-state index contributed by atoms with van der Waals surface area (Å²) in [5.74, 6) is 0.220. The number of hydrogen-bond donors (Lipinski definition) is 2. The third-order valence-corrected chi connectivity index (χ3v) is 2.50. The van der Waals surface area contributed by atoms with Crippen LogP contribution in [0.4, 0.5) is 11.4 Å². The molecule has 4 heteroatoms. The van der Waals surface area contributed by atoms with Crippen LogP contribution in [0.1, 0.15) is 30.7 Å². The fourth-order valence-electron chi connectivity index (χ4n) is 1.64. The normalized spacial score (nSPS) is 12.7. The maximum absolute atomic E-state index is 5.92. The van der Waals surface area contributed by atoms with Crippen LogP contribution in [-0.4, -0.2) is 18.7 Å². The molecule has 0 aliphatic rings. The Morgan fingerprint density at radius 1 is 1.47 bits per heavy atom. The van der Waals surface area contributed by atoms with Gasteiger partial charge in [-0.05, 0) is 19.4 Å². The number of nitrogens with two attached hydrogens (primary N) is 2. The molecule has 1 rings (SSSR count). The summed E-state index contributed by atoms with van der Waals surface area (Å²) in [6.45, 7) is 4.62. The molecule has 0 fully saturated rings. The number of ether oxygens (including phenoxy) is 1. The Labute approximate surface area is 90.6 Å². The maximum atomic E-state index is 5.92. The number of nitrogen functional groups attached to an aromatic ring is 2. The first-order valence-electron chi connectivity index (χ1n) is 5.11. The number of nitrogens with zero attached hydrogens (tertiary/aromatic N) is 1. The van der Waals surface area contributed by atoms with Crippen LogP contribution in [-0.2, 0) is 4.74 Å². The number of hydrogen-bond acceptors (Lipinski definition) is 4. The molecule has 1 heterocycles. The first kappa shape index (κ1) is 11.8. The molecule has 4 N–H and O–H groups in total. The van der Waals surface area contributed by atoms with E-state index >= 15 is 0 Å². The Balaban J connectivity index is 3.10. The van der Waals surface area contributed by atoms with Gasteiger partial charge in [0.25, 0.3) is 0 Å². The SMILES string of the molecule is CCC(COC)c1nc(C)cc(N)c1N. The van der Waals surface area contributed by atoms with Gasteiger partial charge in [-0.25, -0.2) is 0 Å². The van der Waals surface area contributed by atoms with Gasteiger partial charge in [0.15, 0.2) is 0 Å². The Kier molecular flexibility index (Phi) is 3.91. The zero-order chi connectivity index (χ0) is 11.4. The Morgan fingerprint density at radius 3 is 2.67 bits per heavy atom. The van der Waals surface area contributed by atoms with E-state index in [4.69, 9.17) is 16.2 Å². The summed E-state index contributed by atoms with van der Waals surface area (Å²) >= 11 is 0. The lowest BCUT2D eigenvalue weighted by atomic mass is 10.0. The molecule has 0 aliphatic heterocycles. The van der Waals surface area contributed by atoms with Crippen LogP contribution < -0.4 is 11.5 Å². The van der Waals surface area contributed by atoms with Gasteiger partial charge >= 0.3 is 0 Å². The molecule has 1 aromatic rings. The molecule has 84 valence electrons. The summed E-state index contributed by atoms with van der Waals surface area (Å²) in [4.78, 5) is 4.44. The molecule has 0 radical (unpaired) electrons. The highest BCUT2D eigenvalue weighted by Crippen LogP contribution is 2.28. The van der Waals surface area contributed by atoms with Gasteiger partial charge in [0.2, 0.25) is 0 Å². The average Bonchev–Trinajstić information content (AvgIpc) is 2.20. The van der Waals surface area contributed by atoms with E-state index in [1.807, 2.05) is 6.92 Å². The lowest BCUT2D eigenvalue weighted by Gasteiger charge is -2.17. The van der Waals surface area contributed by atoms with Crippen molar-refractivity contribution in [2.45, 2.75) is 26.2 Å². The molecular formula is C11H19N3O. The summed E-state index contributed by atoms with van der Waals surface area (Å²) < 4.78 is 5.15. The zero-order valence-corrected chi connectivity index (χ0v) is 9.58. The quantitative estimate of drug-likeness (QED) is 0.791. The maximum Gasteiger partial charge on any atom is 0.0770 e. The fourth-order valence-corrected chi connectivity index (χ4v) is 1.64. The predicted octanol–water partition coefficient (Wildman–Crippen LogP) is 1.69. The van der Waals surface area contributed by atoms with E-state index in [-0.39, 0.29) is 5.92 Å². The molecule has 0 spiro atoms. The molecule has 0 aliphatic carbocycles. The lowest BCUT2D eigenvalue weighted by Crippen LogP contribution is -2.12. The highest BCUT2D eigenvalue weighted by molar-refractivity contribution is 5.66. The van der Waals surface area contributed by atoms with Crippen molar-refractivity contribution >= 4 is 11.4 Å². The second-order valence-electron chi connectivity index (χ2n) is 3.71. The lowest BCUT2D eigenvalue weighted by molar-refractivity contribution is 0.176. The largest absolute Gasteiger partial charge is 0.397 e. The molecule has 0 bridgehead atoms. The Bertz CT molecular complexity index is 339. The van der Waals surface area contributed by atoms with Crippen molar-refractivity contribution in [1.82, 2.24) is 4.98 Å². The van der Waals surface area contributed by atoms with Crippen LogP contribution in [0.5, 0.6) is 0 Å². The Morgan fingerprint density at radius 2 is 2.13 bits per heavy atom. The van der Waals surface area contributed by atoms with Crippen LogP contribution in [0.25, 0.3) is 0 Å². The van der Waals surface area contributed by atoms with Crippen LogP contribution >= 0.6 is 0 Å². The van der Waals surface area contributed by atoms with Crippen molar-refractivity contribution in [3.05, 3.63) is 17.5 Å². The smallest absolute Gasteiger partial charge is 0.0770 e. The Hall–Kier alpha value is -1.29. The molecule has 0 amide bonds. The summed E-state index contributed by atoms with van der Waals surface area (Å²) in [7, 11) is 1.68. The number of aromatic nitrogens is 1. The average molecular weight is 209 g/mol. The topological polar surface area (TPSA) is 74.2 Å². The van der Waals surface area contributed by atoms with Crippen LogP contribution in [0.15, 0.2) is 6.07 Å². The first-order valence-corrected chi connectivity index (χ1v) is 5.11. The molecule has 15 heavy (non-hydrogen) atoms. The van der Waals surface area contributed by atoms with E-state index in [0.717, 1.165) is 17.8 Å². The molecule has 1 unspecified atom stereocenters. The molecule has 4 nitrogen and oxygen atoms in total. The van der Waals surface area contributed by atoms with E-state index in [2.05, 4.69) is 11.9 Å². The summed E-state index contributed by atoms with van der Waals surface area (Å²) in [6.07, 6.45) is 0.938. The third kappa shape index (κ3) is 2.59. The van der Waals surface area contributed by atoms with Crippen molar-refractivity contribution in [3.8, 4) is 0 Å². The highest BCUT2D eigenvalue weighted by Gasteiger charge is 2.16. The molecule has 0 saturated carbocycles. The fraction of sp³-hybridized carbons (Fsp3) is 0.545. The number of aryl methyl sites for hydroxylation is 1. The summed E-state index contributed by atoms with van der Waals surface area (Å²) in [6, 6.07) is 1.79. The van der Waals surface area contributed by atoms with E-state index in [1.165, 1.54) is 0 Å². The van der Waals surface area contributed by atoms with Gasteiger partial charge in [0.05, 0.1) is 23.7 Å². The molecule has 0 aromatic carbocycles. The standard InChI is InChI=1S/C11H19N3O/c1-4-8(6-15-3)11-10(13)9(12)5-7(2)14-11/h5,8H,4,6,13H2,1-3H3,(H2,12,14). The van der Waals surface area contributed by atoms with Crippen LogP contribution in [0, 0.1) is 6.92 Å². The van der Waals surface area contributed by atoms with E-state index in [0.29, 0.717) is 18.0 Å². The van der Waals surface area contributed by atoms with Gasteiger partial charge in [0, 0.05) is 18.7 Å². The molecule has 1 atom stereocenters. The molecule has 0 saturated heterocycles. The van der Waals surface area contributed by atoms with Gasteiger partial charge < -0.3 is 16.2 Å². The number of anilines is 2. The summed E-state index contributed by atoms with van der Waals surface area (Å²) in [5.41, 5.74) is 14.7. The van der Waals surface area contributed by atoms with Crippen LogP contribution in [0.3, 0.4) is 0 Å². The number of methoxy groups -OCH3 is 1. The van der Waals surface area contributed by atoms with E-state index in [1.54, 1.807) is 13.2 Å². The van der Waals surface area contributed by atoms with Crippen molar-refractivity contribution < 1.29 is 4.74 Å². The van der Waals surface area contributed by atoms with Gasteiger partial charge in [-0.3, -0.25) is 4.98 Å². The van der Waals surface area contributed by atoms with Crippen molar-refractivity contribution in [3.63, 3.8) is 0 Å². The van der Waals surface area contributed by atoms with Gasteiger partial charge in [0.1, 0.15) is 0 Å². The number of pyridine rings is 1.